The summed E-state index contributed by atoms with van der Waals surface area (Å²) in [5.41, 5.74) is 0.582. The summed E-state index contributed by atoms with van der Waals surface area (Å²) in [6, 6.07) is 5.54. The Hall–Kier alpha value is -2.27. The summed E-state index contributed by atoms with van der Waals surface area (Å²) in [6.45, 7) is 0.697. The zero-order valence-corrected chi connectivity index (χ0v) is 17.6. The Morgan fingerprint density at radius 2 is 2.06 bits per heavy atom. The average Bonchev–Trinajstić information content (AvgIpc) is 3.16. The maximum atomic E-state index is 13.3. The van der Waals surface area contributed by atoms with Crippen LogP contribution in [0.1, 0.15) is 31.2 Å². The second-order valence-electron chi connectivity index (χ2n) is 7.91. The smallest absolute Gasteiger partial charge is 0.427 e. The van der Waals surface area contributed by atoms with Crippen molar-refractivity contribution in [2.45, 2.75) is 56.7 Å². The molecule has 1 amide bonds. The summed E-state index contributed by atoms with van der Waals surface area (Å²) in [7, 11) is 4.99. The number of amides is 1. The molecular formula is C20H27BF3N4O3. The number of hydrogen-bond donors (Lipinski definition) is 1. The molecule has 1 atom stereocenters. The maximum absolute atomic E-state index is 13.3. The van der Waals surface area contributed by atoms with E-state index in [1.165, 1.54) is 18.2 Å². The minimum atomic E-state index is -4.76. The Morgan fingerprint density at radius 3 is 2.68 bits per heavy atom. The third-order valence-corrected chi connectivity index (χ3v) is 5.52. The number of benzene rings is 1. The van der Waals surface area contributed by atoms with Crippen molar-refractivity contribution in [2.75, 3.05) is 20.7 Å². The van der Waals surface area contributed by atoms with Gasteiger partial charge in [0.1, 0.15) is 11.8 Å². The van der Waals surface area contributed by atoms with Crippen LogP contribution in [-0.2, 0) is 16.0 Å². The van der Waals surface area contributed by atoms with Gasteiger partial charge in [0.15, 0.2) is 0 Å². The average molecular weight is 439 g/mol. The van der Waals surface area contributed by atoms with Gasteiger partial charge in [0.25, 0.3) is 0 Å². The van der Waals surface area contributed by atoms with Crippen LogP contribution in [0.2, 0.25) is 0 Å². The summed E-state index contributed by atoms with van der Waals surface area (Å²) in [6.07, 6.45) is 0.165. The first-order valence-corrected chi connectivity index (χ1v) is 10.2. The van der Waals surface area contributed by atoms with Gasteiger partial charge >= 0.3 is 14.0 Å². The number of ether oxygens (including phenoxy) is 1. The van der Waals surface area contributed by atoms with Gasteiger partial charge in [-0.25, -0.2) is 0 Å². The lowest BCUT2D eigenvalue weighted by molar-refractivity contribution is -0.274. The van der Waals surface area contributed by atoms with Crippen LogP contribution in [-0.4, -0.2) is 74.9 Å². The van der Waals surface area contributed by atoms with Crippen LogP contribution in [0, 0.1) is 0 Å². The Balaban J connectivity index is 1.73. The quantitative estimate of drug-likeness (QED) is 0.631. The lowest BCUT2D eigenvalue weighted by Gasteiger charge is -2.38. The number of carbonyl (C=O) groups is 1. The van der Waals surface area contributed by atoms with Crippen molar-refractivity contribution in [1.82, 2.24) is 15.0 Å². The van der Waals surface area contributed by atoms with Crippen LogP contribution in [0.5, 0.6) is 5.75 Å². The van der Waals surface area contributed by atoms with Crippen molar-refractivity contribution in [3.63, 3.8) is 0 Å². The summed E-state index contributed by atoms with van der Waals surface area (Å²) in [5.74, 6) is -0.401. The zero-order chi connectivity index (χ0) is 22.4. The van der Waals surface area contributed by atoms with E-state index >= 15 is 0 Å². The lowest BCUT2D eigenvalue weighted by atomic mass is 9.88. The molecule has 0 aromatic heterocycles. The number of nitrogens with zero attached hydrogens (tertiary/aromatic N) is 3. The monoisotopic (exact) mass is 439 g/mol. The number of likely N-dealkylation sites (N-methyl/N-ethyl adjacent to an activating group) is 1. The first-order valence-electron chi connectivity index (χ1n) is 10.2. The molecule has 11 heteroatoms. The molecule has 0 saturated heterocycles. The molecule has 7 nitrogen and oxygen atoms in total. The van der Waals surface area contributed by atoms with E-state index in [1.54, 1.807) is 32.0 Å². The SMILES string of the molecule is CO[B]NC1CCC(N(Cc2cccc(OC(F)(F)F)c2)C(=O)C2CN(C)C=N2)CC1. The van der Waals surface area contributed by atoms with Crippen LogP contribution in [0.25, 0.3) is 0 Å². The number of rotatable bonds is 8. The predicted octanol–water partition coefficient (Wildman–Crippen LogP) is 2.34. The Labute approximate surface area is 180 Å². The Kier molecular flexibility index (Phi) is 7.82. The number of carbonyl (C=O) groups excluding carboxylic acids is 1. The number of hydrogen-bond acceptors (Lipinski definition) is 6. The van der Waals surface area contributed by atoms with Crippen molar-refractivity contribution < 1.29 is 27.4 Å². The number of aliphatic imine (C=N–C) groups is 1. The first kappa shape index (κ1) is 23.4. The molecule has 0 spiro atoms. The van der Waals surface area contributed by atoms with E-state index in [1.807, 2.05) is 11.9 Å². The normalized spacial score (nSPS) is 23.6. The molecule has 1 fully saturated rings. The second-order valence-corrected chi connectivity index (χ2v) is 7.91. The van der Waals surface area contributed by atoms with E-state index in [0.717, 1.165) is 25.7 Å². The third kappa shape index (κ3) is 6.86. The van der Waals surface area contributed by atoms with Gasteiger partial charge in [-0.2, -0.15) is 0 Å². The van der Waals surface area contributed by atoms with E-state index in [2.05, 4.69) is 15.0 Å². The Morgan fingerprint density at radius 1 is 1.32 bits per heavy atom. The van der Waals surface area contributed by atoms with Crippen LogP contribution < -0.4 is 9.96 Å². The van der Waals surface area contributed by atoms with Gasteiger partial charge in [-0.05, 0) is 49.4 Å². The highest BCUT2D eigenvalue weighted by Crippen LogP contribution is 2.28. The van der Waals surface area contributed by atoms with Crippen LogP contribution in [0.15, 0.2) is 29.3 Å². The summed E-state index contributed by atoms with van der Waals surface area (Å²) < 4.78 is 46.8. The molecular weight excluding hydrogens is 412 g/mol. The van der Waals surface area contributed by atoms with Gasteiger partial charge in [0, 0.05) is 33.3 Å². The molecule has 169 valence electrons. The van der Waals surface area contributed by atoms with E-state index in [0.29, 0.717) is 12.1 Å². The van der Waals surface area contributed by atoms with Crippen molar-refractivity contribution >= 4 is 19.9 Å². The van der Waals surface area contributed by atoms with Crippen LogP contribution in [0.4, 0.5) is 13.2 Å². The van der Waals surface area contributed by atoms with E-state index in [4.69, 9.17) is 4.65 Å². The molecule has 2 aliphatic rings. The maximum Gasteiger partial charge on any atom is 0.573 e. The van der Waals surface area contributed by atoms with Gasteiger partial charge < -0.3 is 24.4 Å². The van der Waals surface area contributed by atoms with Gasteiger partial charge in [-0.3, -0.25) is 9.79 Å². The fraction of sp³-hybridized carbons (Fsp3) is 0.600. The molecule has 1 saturated carbocycles. The summed E-state index contributed by atoms with van der Waals surface area (Å²) >= 11 is 0. The minimum absolute atomic E-state index is 0.0126. The first-order chi connectivity index (χ1) is 14.7. The van der Waals surface area contributed by atoms with Crippen molar-refractivity contribution in [3.8, 4) is 5.75 Å². The number of halogens is 3. The van der Waals surface area contributed by atoms with Gasteiger partial charge in [0.2, 0.25) is 5.91 Å². The van der Waals surface area contributed by atoms with Gasteiger partial charge in [-0.1, -0.05) is 12.1 Å². The molecule has 1 heterocycles. The third-order valence-electron chi connectivity index (χ3n) is 5.52. The standard InChI is InChI=1S/C20H27BF3N4O3/c1-27-12-18(25-13-27)19(29)28(16-8-6-15(7-9-16)26-21-30-2)11-14-4-3-5-17(10-14)31-20(22,23)24/h3-5,10,13,15-16,18,26H,6-9,11-12H2,1-2H3. The Bertz CT molecular complexity index is 772. The van der Waals surface area contributed by atoms with Crippen LogP contribution >= 0.6 is 0 Å². The summed E-state index contributed by atoms with van der Waals surface area (Å²) in [4.78, 5) is 21.2. The molecule has 3 rings (SSSR count). The highest BCUT2D eigenvalue weighted by atomic mass is 19.4. The molecule has 0 bridgehead atoms. The molecule has 1 aliphatic carbocycles. The molecule has 31 heavy (non-hydrogen) atoms. The molecule has 1 N–H and O–H groups in total. The highest BCUT2D eigenvalue weighted by molar-refractivity contribution is 6.23. The lowest BCUT2D eigenvalue weighted by Crippen LogP contribution is -2.49. The summed E-state index contributed by atoms with van der Waals surface area (Å²) in [5, 5.41) is 3.20. The molecule has 1 aliphatic heterocycles. The second kappa shape index (κ2) is 10.4. The van der Waals surface area contributed by atoms with Gasteiger partial charge in [-0.15, -0.1) is 13.2 Å². The van der Waals surface area contributed by atoms with E-state index in [9.17, 15) is 18.0 Å². The molecule has 1 aromatic carbocycles. The van der Waals surface area contributed by atoms with Crippen molar-refractivity contribution in [2.24, 2.45) is 4.99 Å². The van der Waals surface area contributed by atoms with Crippen molar-refractivity contribution in [1.29, 1.82) is 0 Å². The molecule has 1 aromatic rings. The van der Waals surface area contributed by atoms with Gasteiger partial charge in [0.05, 0.1) is 6.34 Å². The fourth-order valence-electron chi connectivity index (χ4n) is 4.04. The van der Waals surface area contributed by atoms with Crippen molar-refractivity contribution in [3.05, 3.63) is 29.8 Å². The fourth-order valence-corrected chi connectivity index (χ4v) is 4.04. The number of alkyl halides is 3. The number of nitrogens with one attached hydrogen (secondary N) is 1. The largest absolute Gasteiger partial charge is 0.573 e. The minimum Gasteiger partial charge on any atom is -0.427 e. The van der Waals surface area contributed by atoms with E-state index in [-0.39, 0.29) is 30.3 Å². The molecule has 1 radical (unpaired) electrons. The van der Waals surface area contributed by atoms with E-state index < -0.39 is 12.4 Å². The highest BCUT2D eigenvalue weighted by Gasteiger charge is 2.35. The molecule has 1 unspecified atom stereocenters. The topological polar surface area (TPSA) is 66.4 Å². The van der Waals surface area contributed by atoms with Crippen LogP contribution in [0.3, 0.4) is 0 Å². The zero-order valence-electron chi connectivity index (χ0n) is 17.6. The predicted molar refractivity (Wildman–Crippen MR) is 111 cm³/mol.